The standard InChI is InChI=1S/C74H126O6/c1-4-7-10-13-16-19-22-25-28-29-30-31-32-33-34-35-36-37-38-39-40-41-42-43-44-45-47-49-52-55-58-61-64-67-73(76)79-70-71(69-78-72(75)66-63-60-57-54-51-48-27-24-21-18-15-12-9-6-3)80-74(77)68-65-62-59-56-53-50-46-26-23-20-17-14-11-8-5-2/h7-8,10-11,16-17,19-20,24-28,30-31,33-34,46,71H,4-6,9,12-15,18,21-23,29,32,35-45,47-70H2,1-3H3/b10-7-,11-8-,19-16-,20-17-,27-24-,28-25-,31-30-,34-33-,46-26-. The second-order valence-electron chi connectivity index (χ2n) is 22.3. The molecule has 6 nitrogen and oxygen atoms in total. The predicted molar refractivity (Wildman–Crippen MR) is 348 cm³/mol. The SMILES string of the molecule is CC/C=C\C/C=C\C/C=C\C/C=C\C/C=C\CCCCCCCCCCCCCCCCCCCC(=O)OCC(COC(=O)CCCCCCC/C=C\CCCCCCC)OC(=O)CCCCCCC/C=C\C/C=C\C/C=C\CC. The Hall–Kier alpha value is -3.93. The van der Waals surface area contributed by atoms with Crippen LogP contribution in [0.2, 0.25) is 0 Å². The molecule has 0 heterocycles. The third-order valence-electron chi connectivity index (χ3n) is 14.5. The fourth-order valence-electron chi connectivity index (χ4n) is 9.48. The number of carbonyl (C=O) groups excluding carboxylic acids is 3. The van der Waals surface area contributed by atoms with E-state index < -0.39 is 6.10 Å². The van der Waals surface area contributed by atoms with Gasteiger partial charge in [0.1, 0.15) is 13.2 Å². The average Bonchev–Trinajstić information content (AvgIpc) is 3.46. The summed E-state index contributed by atoms with van der Waals surface area (Å²) in [5, 5.41) is 0. The van der Waals surface area contributed by atoms with Crippen LogP contribution in [0.4, 0.5) is 0 Å². The molecular formula is C74H126O6. The molecule has 0 saturated carbocycles. The van der Waals surface area contributed by atoms with Crippen LogP contribution in [0.3, 0.4) is 0 Å². The van der Waals surface area contributed by atoms with Crippen molar-refractivity contribution in [2.75, 3.05) is 13.2 Å². The molecule has 1 atom stereocenters. The van der Waals surface area contributed by atoms with Gasteiger partial charge in [-0.3, -0.25) is 14.4 Å². The van der Waals surface area contributed by atoms with Crippen LogP contribution in [-0.4, -0.2) is 37.2 Å². The maximum Gasteiger partial charge on any atom is 0.306 e. The third kappa shape index (κ3) is 64.9. The molecule has 458 valence electrons. The molecule has 0 rings (SSSR count). The van der Waals surface area contributed by atoms with Gasteiger partial charge in [0.25, 0.3) is 0 Å². The molecule has 0 aromatic carbocycles. The van der Waals surface area contributed by atoms with Crippen LogP contribution in [0.25, 0.3) is 0 Å². The molecule has 1 unspecified atom stereocenters. The normalized spacial score (nSPS) is 12.8. The molecule has 0 amide bonds. The van der Waals surface area contributed by atoms with Crippen LogP contribution in [0, 0.1) is 0 Å². The summed E-state index contributed by atoms with van der Waals surface area (Å²) < 4.78 is 16.9. The van der Waals surface area contributed by atoms with Crippen LogP contribution < -0.4 is 0 Å². The van der Waals surface area contributed by atoms with Crippen LogP contribution in [0.5, 0.6) is 0 Å². The summed E-state index contributed by atoms with van der Waals surface area (Å²) >= 11 is 0. The van der Waals surface area contributed by atoms with Crippen molar-refractivity contribution in [2.24, 2.45) is 0 Å². The Morgan fingerprint density at radius 1 is 0.263 bits per heavy atom. The minimum Gasteiger partial charge on any atom is -0.462 e. The molecule has 0 fully saturated rings. The molecule has 0 radical (unpaired) electrons. The van der Waals surface area contributed by atoms with E-state index in [4.69, 9.17) is 14.2 Å². The molecule has 0 aliphatic heterocycles. The number of carbonyl (C=O) groups is 3. The molecule has 0 N–H and O–H groups in total. The molecule has 0 bridgehead atoms. The van der Waals surface area contributed by atoms with Crippen molar-refractivity contribution in [2.45, 2.75) is 329 Å². The Bertz CT molecular complexity index is 1610. The van der Waals surface area contributed by atoms with Crippen molar-refractivity contribution in [3.63, 3.8) is 0 Å². The second kappa shape index (κ2) is 67.6. The van der Waals surface area contributed by atoms with Gasteiger partial charge >= 0.3 is 17.9 Å². The maximum atomic E-state index is 12.9. The van der Waals surface area contributed by atoms with E-state index in [1.807, 2.05) is 0 Å². The van der Waals surface area contributed by atoms with Gasteiger partial charge in [-0.1, -0.05) is 291 Å². The first-order valence-electron chi connectivity index (χ1n) is 33.9. The number of ether oxygens (including phenoxy) is 3. The van der Waals surface area contributed by atoms with Gasteiger partial charge < -0.3 is 14.2 Å². The summed E-state index contributed by atoms with van der Waals surface area (Å²) in [7, 11) is 0. The highest BCUT2D eigenvalue weighted by molar-refractivity contribution is 5.71. The lowest BCUT2D eigenvalue weighted by Crippen LogP contribution is -2.30. The fourth-order valence-corrected chi connectivity index (χ4v) is 9.48. The summed E-state index contributed by atoms with van der Waals surface area (Å²) in [6.07, 6.45) is 92.6. The predicted octanol–water partition coefficient (Wildman–Crippen LogP) is 23.4. The van der Waals surface area contributed by atoms with Crippen LogP contribution in [-0.2, 0) is 28.6 Å². The second-order valence-corrected chi connectivity index (χ2v) is 22.3. The number of esters is 3. The zero-order valence-corrected chi connectivity index (χ0v) is 52.6. The number of rotatable bonds is 61. The van der Waals surface area contributed by atoms with Gasteiger partial charge in [-0.25, -0.2) is 0 Å². The van der Waals surface area contributed by atoms with E-state index in [9.17, 15) is 14.4 Å². The van der Waals surface area contributed by atoms with Crippen molar-refractivity contribution in [3.8, 4) is 0 Å². The molecule has 0 aliphatic carbocycles. The van der Waals surface area contributed by atoms with E-state index in [0.29, 0.717) is 19.3 Å². The van der Waals surface area contributed by atoms with Crippen molar-refractivity contribution in [1.82, 2.24) is 0 Å². The van der Waals surface area contributed by atoms with Crippen molar-refractivity contribution in [1.29, 1.82) is 0 Å². The minimum atomic E-state index is -0.791. The fraction of sp³-hybridized carbons (Fsp3) is 0.716. The monoisotopic (exact) mass is 1110 g/mol. The van der Waals surface area contributed by atoms with Crippen LogP contribution in [0.15, 0.2) is 109 Å². The zero-order valence-electron chi connectivity index (χ0n) is 52.6. The van der Waals surface area contributed by atoms with E-state index in [1.54, 1.807) is 0 Å². The van der Waals surface area contributed by atoms with Gasteiger partial charge in [0.2, 0.25) is 0 Å². The first-order chi connectivity index (χ1) is 39.5. The van der Waals surface area contributed by atoms with Gasteiger partial charge in [-0.15, -0.1) is 0 Å². The van der Waals surface area contributed by atoms with Gasteiger partial charge in [-0.2, -0.15) is 0 Å². The Morgan fingerprint density at radius 2 is 0.487 bits per heavy atom. The summed E-state index contributed by atoms with van der Waals surface area (Å²) in [5.74, 6) is -0.900. The minimum absolute atomic E-state index is 0.0855. The topological polar surface area (TPSA) is 78.9 Å². The maximum absolute atomic E-state index is 12.9. The first kappa shape index (κ1) is 76.1. The molecule has 0 aromatic heterocycles. The third-order valence-corrected chi connectivity index (χ3v) is 14.5. The molecule has 80 heavy (non-hydrogen) atoms. The summed E-state index contributed by atoms with van der Waals surface area (Å²) in [6.45, 7) is 6.41. The number of unbranched alkanes of at least 4 members (excludes halogenated alkanes) is 32. The van der Waals surface area contributed by atoms with Gasteiger partial charge in [0, 0.05) is 19.3 Å². The number of allylic oxidation sites excluding steroid dienone is 18. The summed E-state index contributed by atoms with van der Waals surface area (Å²) in [6, 6.07) is 0. The summed E-state index contributed by atoms with van der Waals surface area (Å²) in [5.41, 5.74) is 0. The van der Waals surface area contributed by atoms with E-state index in [2.05, 4.69) is 130 Å². The Labute approximate surface area is 495 Å². The van der Waals surface area contributed by atoms with E-state index in [-0.39, 0.29) is 31.1 Å². The summed E-state index contributed by atoms with van der Waals surface area (Å²) in [4.78, 5) is 38.3. The Balaban J connectivity index is 4.18. The first-order valence-corrected chi connectivity index (χ1v) is 33.9. The van der Waals surface area contributed by atoms with E-state index in [0.717, 1.165) is 135 Å². The number of hydrogen-bond acceptors (Lipinski definition) is 6. The number of hydrogen-bond donors (Lipinski definition) is 0. The Morgan fingerprint density at radius 3 is 0.775 bits per heavy atom. The highest BCUT2D eigenvalue weighted by atomic mass is 16.6. The lowest BCUT2D eigenvalue weighted by atomic mass is 10.0. The van der Waals surface area contributed by atoms with Crippen LogP contribution >= 0.6 is 0 Å². The molecule has 0 saturated heterocycles. The average molecular weight is 1110 g/mol. The molecular weight excluding hydrogens is 985 g/mol. The molecule has 0 spiro atoms. The highest BCUT2D eigenvalue weighted by Gasteiger charge is 2.19. The Kier molecular flexibility index (Phi) is 64.3. The van der Waals surface area contributed by atoms with E-state index in [1.165, 1.54) is 148 Å². The van der Waals surface area contributed by atoms with Crippen LogP contribution in [0.1, 0.15) is 323 Å². The molecule has 0 aromatic rings. The van der Waals surface area contributed by atoms with Crippen molar-refractivity contribution < 1.29 is 28.6 Å². The quantitative estimate of drug-likeness (QED) is 0.0261. The van der Waals surface area contributed by atoms with Gasteiger partial charge in [-0.05, 0) is 122 Å². The highest BCUT2D eigenvalue weighted by Crippen LogP contribution is 2.17. The van der Waals surface area contributed by atoms with Crippen molar-refractivity contribution >= 4 is 17.9 Å². The van der Waals surface area contributed by atoms with Crippen molar-refractivity contribution in [3.05, 3.63) is 109 Å². The van der Waals surface area contributed by atoms with Gasteiger partial charge in [0.15, 0.2) is 6.10 Å². The zero-order chi connectivity index (χ0) is 57.8. The largest absolute Gasteiger partial charge is 0.462 e. The molecule has 0 aliphatic rings. The lowest BCUT2D eigenvalue weighted by molar-refractivity contribution is -0.167. The van der Waals surface area contributed by atoms with Gasteiger partial charge in [0.05, 0.1) is 0 Å². The lowest BCUT2D eigenvalue weighted by Gasteiger charge is -2.18. The van der Waals surface area contributed by atoms with E-state index >= 15 is 0 Å². The molecule has 6 heteroatoms. The smallest absolute Gasteiger partial charge is 0.306 e.